The zero-order chi connectivity index (χ0) is 12.1. The fourth-order valence-corrected chi connectivity index (χ4v) is 3.05. The van der Waals surface area contributed by atoms with Crippen molar-refractivity contribution in [1.82, 2.24) is 5.32 Å². The molecule has 0 radical (unpaired) electrons. The number of rotatable bonds is 1. The Kier molecular flexibility index (Phi) is 2.27. The van der Waals surface area contributed by atoms with Crippen molar-refractivity contribution in [3.05, 3.63) is 35.4 Å². The van der Waals surface area contributed by atoms with Gasteiger partial charge < -0.3 is 5.32 Å². The molecule has 1 heterocycles. The molecule has 1 N–H and O–H groups in total. The van der Waals surface area contributed by atoms with E-state index in [0.717, 1.165) is 37.6 Å². The molecule has 17 heavy (non-hydrogen) atoms. The number of alkyl halides is 3. The highest BCUT2D eigenvalue weighted by atomic mass is 19.4. The fraction of sp³-hybridized carbons (Fsp3) is 0.538. The van der Waals surface area contributed by atoms with Gasteiger partial charge in [-0.3, -0.25) is 0 Å². The third-order valence-corrected chi connectivity index (χ3v) is 4.14. The molecule has 3 rings (SSSR count). The van der Waals surface area contributed by atoms with Crippen LogP contribution in [0.15, 0.2) is 24.3 Å². The van der Waals surface area contributed by atoms with E-state index in [-0.39, 0.29) is 5.41 Å². The maximum absolute atomic E-state index is 12.7. The lowest BCUT2D eigenvalue weighted by atomic mass is 9.87. The SMILES string of the molecule is FC(F)(F)c1cccc([C@@]23CCNC[C@H]2C3)c1. The maximum atomic E-state index is 12.7. The Balaban J connectivity index is 1.94. The molecule has 1 aromatic carbocycles. The van der Waals surface area contributed by atoms with Gasteiger partial charge in [0.15, 0.2) is 0 Å². The topological polar surface area (TPSA) is 12.0 Å². The van der Waals surface area contributed by atoms with Crippen molar-refractivity contribution in [2.24, 2.45) is 5.92 Å². The number of benzene rings is 1. The third-order valence-electron chi connectivity index (χ3n) is 4.14. The Morgan fingerprint density at radius 3 is 2.82 bits per heavy atom. The Bertz CT molecular complexity index is 441. The van der Waals surface area contributed by atoms with Gasteiger partial charge >= 0.3 is 6.18 Å². The molecule has 1 aliphatic carbocycles. The first-order chi connectivity index (χ1) is 8.02. The highest BCUT2D eigenvalue weighted by Gasteiger charge is 2.56. The number of hydrogen-bond acceptors (Lipinski definition) is 1. The second-order valence-corrected chi connectivity index (χ2v) is 5.09. The molecule has 1 aromatic rings. The van der Waals surface area contributed by atoms with Crippen molar-refractivity contribution in [1.29, 1.82) is 0 Å². The predicted octanol–water partition coefficient (Wildman–Crippen LogP) is 2.96. The van der Waals surface area contributed by atoms with E-state index in [4.69, 9.17) is 0 Å². The van der Waals surface area contributed by atoms with E-state index in [1.54, 1.807) is 0 Å². The van der Waals surface area contributed by atoms with Gasteiger partial charge in [-0.25, -0.2) is 0 Å². The van der Waals surface area contributed by atoms with Gasteiger partial charge in [0.25, 0.3) is 0 Å². The standard InChI is InChI=1S/C13H14F3N/c14-13(15,16)10-3-1-2-9(6-10)12-4-5-17-8-11(12)7-12/h1-3,6,11,17H,4-5,7-8H2/t11-,12+/m1/s1. The molecule has 92 valence electrons. The van der Waals surface area contributed by atoms with Crippen molar-refractivity contribution < 1.29 is 13.2 Å². The molecule has 1 saturated heterocycles. The zero-order valence-corrected chi connectivity index (χ0v) is 9.35. The van der Waals surface area contributed by atoms with Gasteiger partial charge in [-0.15, -0.1) is 0 Å². The Morgan fingerprint density at radius 1 is 1.29 bits per heavy atom. The lowest BCUT2D eigenvalue weighted by Crippen LogP contribution is -2.31. The minimum atomic E-state index is -4.23. The van der Waals surface area contributed by atoms with Gasteiger partial charge in [0.2, 0.25) is 0 Å². The fourth-order valence-electron chi connectivity index (χ4n) is 3.05. The molecule has 2 atom stereocenters. The van der Waals surface area contributed by atoms with Gasteiger partial charge in [-0.2, -0.15) is 13.2 Å². The van der Waals surface area contributed by atoms with Crippen molar-refractivity contribution >= 4 is 0 Å². The molecule has 2 aliphatic rings. The zero-order valence-electron chi connectivity index (χ0n) is 9.35. The van der Waals surface area contributed by atoms with Gasteiger partial charge in [0, 0.05) is 5.41 Å². The smallest absolute Gasteiger partial charge is 0.316 e. The summed E-state index contributed by atoms with van der Waals surface area (Å²) in [7, 11) is 0. The van der Waals surface area contributed by atoms with Crippen LogP contribution in [0.4, 0.5) is 13.2 Å². The number of fused-ring (bicyclic) bond motifs is 1. The van der Waals surface area contributed by atoms with Crippen LogP contribution in [0.1, 0.15) is 24.0 Å². The van der Waals surface area contributed by atoms with Crippen molar-refractivity contribution in [3.8, 4) is 0 Å². The van der Waals surface area contributed by atoms with Gasteiger partial charge in [0.05, 0.1) is 5.56 Å². The molecule has 1 saturated carbocycles. The van der Waals surface area contributed by atoms with E-state index in [0.29, 0.717) is 5.92 Å². The van der Waals surface area contributed by atoms with Crippen molar-refractivity contribution in [3.63, 3.8) is 0 Å². The second kappa shape index (κ2) is 3.48. The molecular formula is C13H14F3N. The van der Waals surface area contributed by atoms with Crippen LogP contribution in [0.3, 0.4) is 0 Å². The minimum absolute atomic E-state index is 0.0342. The Morgan fingerprint density at radius 2 is 2.12 bits per heavy atom. The average Bonchev–Trinajstić information content (AvgIpc) is 3.04. The van der Waals surface area contributed by atoms with E-state index >= 15 is 0 Å². The first-order valence-electron chi connectivity index (χ1n) is 5.91. The molecule has 0 unspecified atom stereocenters. The summed E-state index contributed by atoms with van der Waals surface area (Å²) in [6.07, 6.45) is -2.25. The number of hydrogen-bond donors (Lipinski definition) is 1. The number of halogens is 3. The lowest BCUT2D eigenvalue weighted by Gasteiger charge is -2.24. The minimum Gasteiger partial charge on any atom is -0.316 e. The molecule has 0 spiro atoms. The molecule has 2 fully saturated rings. The second-order valence-electron chi connectivity index (χ2n) is 5.09. The van der Waals surface area contributed by atoms with Crippen LogP contribution in [-0.2, 0) is 11.6 Å². The molecule has 1 aliphatic heterocycles. The largest absolute Gasteiger partial charge is 0.416 e. The Hall–Kier alpha value is -1.03. The van der Waals surface area contributed by atoms with E-state index < -0.39 is 11.7 Å². The van der Waals surface area contributed by atoms with E-state index in [1.165, 1.54) is 12.1 Å². The first kappa shape index (κ1) is 11.1. The normalized spacial score (nSPS) is 32.1. The number of nitrogens with one attached hydrogen (secondary N) is 1. The Labute approximate surface area is 98.0 Å². The molecule has 4 heteroatoms. The van der Waals surface area contributed by atoms with Crippen LogP contribution in [0.25, 0.3) is 0 Å². The van der Waals surface area contributed by atoms with Crippen LogP contribution < -0.4 is 5.32 Å². The summed E-state index contributed by atoms with van der Waals surface area (Å²) in [5.41, 5.74) is 0.388. The van der Waals surface area contributed by atoms with E-state index in [2.05, 4.69) is 5.32 Å². The van der Waals surface area contributed by atoms with Crippen LogP contribution in [0.2, 0.25) is 0 Å². The molecule has 0 amide bonds. The van der Waals surface area contributed by atoms with Crippen LogP contribution >= 0.6 is 0 Å². The maximum Gasteiger partial charge on any atom is 0.416 e. The van der Waals surface area contributed by atoms with Gasteiger partial charge in [-0.1, -0.05) is 18.2 Å². The molecular weight excluding hydrogens is 227 g/mol. The summed E-state index contributed by atoms with van der Waals surface area (Å²) in [5.74, 6) is 0.528. The third kappa shape index (κ3) is 1.75. The summed E-state index contributed by atoms with van der Waals surface area (Å²) in [6.45, 7) is 1.85. The molecule has 1 nitrogen and oxygen atoms in total. The van der Waals surface area contributed by atoms with Crippen molar-refractivity contribution in [2.45, 2.75) is 24.4 Å². The summed E-state index contributed by atoms with van der Waals surface area (Å²) in [5, 5.41) is 3.29. The van der Waals surface area contributed by atoms with Crippen molar-refractivity contribution in [2.75, 3.05) is 13.1 Å². The summed E-state index contributed by atoms with van der Waals surface area (Å²) in [4.78, 5) is 0. The van der Waals surface area contributed by atoms with Crippen LogP contribution in [-0.4, -0.2) is 13.1 Å². The monoisotopic (exact) mass is 241 g/mol. The number of piperidine rings is 1. The highest BCUT2D eigenvalue weighted by Crippen LogP contribution is 2.58. The van der Waals surface area contributed by atoms with E-state index in [1.807, 2.05) is 6.07 Å². The summed E-state index contributed by atoms with van der Waals surface area (Å²) in [6, 6.07) is 5.87. The van der Waals surface area contributed by atoms with Gasteiger partial charge in [0.1, 0.15) is 0 Å². The predicted molar refractivity (Wildman–Crippen MR) is 58.7 cm³/mol. The van der Waals surface area contributed by atoms with Crippen LogP contribution in [0, 0.1) is 5.92 Å². The summed E-state index contributed by atoms with van der Waals surface area (Å²) >= 11 is 0. The molecule has 0 aromatic heterocycles. The van der Waals surface area contributed by atoms with Crippen LogP contribution in [0.5, 0.6) is 0 Å². The quantitative estimate of drug-likeness (QED) is 0.797. The average molecular weight is 241 g/mol. The lowest BCUT2D eigenvalue weighted by molar-refractivity contribution is -0.137. The van der Waals surface area contributed by atoms with E-state index in [9.17, 15) is 13.2 Å². The van der Waals surface area contributed by atoms with Gasteiger partial charge in [-0.05, 0) is 43.5 Å². The summed E-state index contributed by atoms with van der Waals surface area (Å²) < 4.78 is 38.0. The molecule has 0 bridgehead atoms. The highest BCUT2D eigenvalue weighted by molar-refractivity contribution is 5.38. The first-order valence-corrected chi connectivity index (χ1v) is 5.91.